The molecule has 0 aliphatic heterocycles. The van der Waals surface area contributed by atoms with Gasteiger partial charge < -0.3 is 4.74 Å². The van der Waals surface area contributed by atoms with Gasteiger partial charge in [0.1, 0.15) is 0 Å². The molecule has 0 saturated carbocycles. The van der Waals surface area contributed by atoms with E-state index in [0.29, 0.717) is 0 Å². The Morgan fingerprint density at radius 3 is 1.50 bits per heavy atom. The summed E-state index contributed by atoms with van der Waals surface area (Å²) in [5.41, 5.74) is 0.774. The molecule has 0 spiro atoms. The Morgan fingerprint density at radius 2 is 1.23 bits per heavy atom. The van der Waals surface area contributed by atoms with Crippen molar-refractivity contribution >= 4 is 11.4 Å². The number of non-ortho nitro benzene ring substituents is 2. The van der Waals surface area contributed by atoms with E-state index in [2.05, 4.69) is 23.8 Å². The summed E-state index contributed by atoms with van der Waals surface area (Å²) in [6.07, 6.45) is 0. The van der Waals surface area contributed by atoms with E-state index in [-0.39, 0.29) is 11.4 Å². The molecule has 2 aromatic carbocycles. The van der Waals surface area contributed by atoms with Crippen molar-refractivity contribution in [1.82, 2.24) is 0 Å². The smallest absolute Gasteiger partial charge is 0.276 e. The average Bonchev–Trinajstić information content (AvgIpc) is 2.49. The molecular weight excluding hydrogens is 288 g/mol. The number of hydrogen-bond donors (Lipinski definition) is 0. The number of nitro benzene ring substituents is 2. The second-order valence-electron chi connectivity index (χ2n) is 4.10. The number of nitrogens with zero attached hydrogens (tertiary/aromatic N) is 2. The lowest BCUT2D eigenvalue weighted by Gasteiger charge is -1.90. The number of nitro groups is 2. The minimum atomic E-state index is -0.674. The van der Waals surface area contributed by atoms with Crippen molar-refractivity contribution in [3.8, 4) is 0 Å². The fourth-order valence-corrected chi connectivity index (χ4v) is 1.25. The number of hydrogen-bond acceptors (Lipinski definition) is 5. The summed E-state index contributed by atoms with van der Waals surface area (Å²) in [4.78, 5) is 19.0. The zero-order valence-corrected chi connectivity index (χ0v) is 12.6. The maximum Gasteiger partial charge on any atom is 0.276 e. The quantitative estimate of drug-likeness (QED) is 0.621. The summed E-state index contributed by atoms with van der Waals surface area (Å²) in [5.74, 6) is 0. The molecule has 0 fully saturated rings. The zero-order chi connectivity index (χ0) is 17.0. The van der Waals surface area contributed by atoms with Crippen LogP contribution in [0.5, 0.6) is 0 Å². The molecular formula is C15H18N2O5. The first-order valence-electron chi connectivity index (χ1n) is 6.23. The summed E-state index contributed by atoms with van der Waals surface area (Å²) in [5, 5.41) is 20.3. The number of rotatable bonds is 2. The van der Waals surface area contributed by atoms with Crippen molar-refractivity contribution in [3.05, 3.63) is 80.4 Å². The van der Waals surface area contributed by atoms with Gasteiger partial charge in [0.05, 0.1) is 15.9 Å². The van der Waals surface area contributed by atoms with E-state index in [4.69, 9.17) is 0 Å². The molecule has 0 N–H and O–H groups in total. The molecule has 0 aliphatic carbocycles. The van der Waals surface area contributed by atoms with Gasteiger partial charge in [0.25, 0.3) is 11.4 Å². The third-order valence-electron chi connectivity index (χ3n) is 2.19. The Balaban J connectivity index is 0.000000372. The predicted octanol–water partition coefficient (Wildman–Crippen LogP) is 3.76. The molecule has 2 rings (SSSR count). The Bertz CT molecular complexity index is 558. The molecule has 0 saturated heterocycles. The Hall–Kier alpha value is -2.80. The van der Waals surface area contributed by atoms with Crippen LogP contribution in [-0.2, 0) is 4.74 Å². The highest BCUT2D eigenvalue weighted by Gasteiger charge is 2.11. The standard InChI is InChI=1S/C7H8.C6H4N2O4.C2H6O/c1-7-5-3-2-4-6-7;9-7(10)5-2-1-3-6(4-5)8(11)12;1-3-2/h2-6H,1H3;1-4H;1-2H3. The van der Waals surface area contributed by atoms with Crippen molar-refractivity contribution in [3.63, 3.8) is 0 Å². The zero-order valence-electron chi connectivity index (χ0n) is 12.6. The first kappa shape index (κ1) is 19.2. The minimum Gasteiger partial charge on any atom is -0.388 e. The highest BCUT2D eigenvalue weighted by molar-refractivity contribution is 5.42. The molecule has 7 nitrogen and oxygen atoms in total. The van der Waals surface area contributed by atoms with E-state index >= 15 is 0 Å². The van der Waals surface area contributed by atoms with Crippen molar-refractivity contribution in [2.24, 2.45) is 0 Å². The van der Waals surface area contributed by atoms with Crippen molar-refractivity contribution in [1.29, 1.82) is 0 Å². The maximum atomic E-state index is 10.2. The number of methoxy groups -OCH3 is 1. The number of ether oxygens (including phenoxy) is 1. The lowest BCUT2D eigenvalue weighted by atomic mass is 10.2. The third kappa shape index (κ3) is 8.39. The van der Waals surface area contributed by atoms with Crippen LogP contribution in [0, 0.1) is 27.2 Å². The van der Waals surface area contributed by atoms with Gasteiger partial charge in [-0.05, 0) is 13.0 Å². The maximum absolute atomic E-state index is 10.2. The lowest BCUT2D eigenvalue weighted by molar-refractivity contribution is -0.394. The van der Waals surface area contributed by atoms with Crippen LogP contribution in [-0.4, -0.2) is 24.1 Å². The van der Waals surface area contributed by atoms with Crippen LogP contribution < -0.4 is 0 Å². The second kappa shape index (κ2) is 10.9. The molecule has 0 aromatic heterocycles. The van der Waals surface area contributed by atoms with Gasteiger partial charge in [0.15, 0.2) is 0 Å². The van der Waals surface area contributed by atoms with Crippen LogP contribution in [0.15, 0.2) is 54.6 Å². The topological polar surface area (TPSA) is 95.5 Å². The first-order valence-corrected chi connectivity index (χ1v) is 6.23. The van der Waals surface area contributed by atoms with Gasteiger partial charge in [-0.2, -0.15) is 0 Å². The Kier molecular flexibility index (Phi) is 9.53. The lowest BCUT2D eigenvalue weighted by Crippen LogP contribution is -1.91. The van der Waals surface area contributed by atoms with Crippen LogP contribution in [0.4, 0.5) is 11.4 Å². The third-order valence-corrected chi connectivity index (χ3v) is 2.19. The summed E-state index contributed by atoms with van der Waals surface area (Å²) in [6, 6.07) is 14.9. The van der Waals surface area contributed by atoms with E-state index in [1.54, 1.807) is 14.2 Å². The summed E-state index contributed by atoms with van der Waals surface area (Å²) < 4.78 is 4.25. The van der Waals surface area contributed by atoms with Gasteiger partial charge in [-0.1, -0.05) is 35.9 Å². The summed E-state index contributed by atoms with van der Waals surface area (Å²) >= 11 is 0. The number of benzene rings is 2. The molecule has 2 aromatic rings. The van der Waals surface area contributed by atoms with Crippen molar-refractivity contribution in [2.75, 3.05) is 14.2 Å². The van der Waals surface area contributed by atoms with E-state index in [1.807, 2.05) is 18.2 Å². The molecule has 0 unspecified atom stereocenters. The minimum absolute atomic E-state index is 0.274. The molecule has 0 bridgehead atoms. The van der Waals surface area contributed by atoms with Gasteiger partial charge in [-0.25, -0.2) is 0 Å². The van der Waals surface area contributed by atoms with Gasteiger partial charge in [0.2, 0.25) is 0 Å². The van der Waals surface area contributed by atoms with Crippen LogP contribution in [0.25, 0.3) is 0 Å². The first-order chi connectivity index (χ1) is 10.4. The molecule has 118 valence electrons. The number of aryl methyl sites for hydroxylation is 1. The Labute approximate surface area is 128 Å². The fraction of sp³-hybridized carbons (Fsp3) is 0.200. The van der Waals surface area contributed by atoms with E-state index in [9.17, 15) is 20.2 Å². The van der Waals surface area contributed by atoms with Crippen LogP contribution in [0.1, 0.15) is 5.56 Å². The molecule has 0 heterocycles. The Morgan fingerprint density at radius 1 is 0.818 bits per heavy atom. The summed E-state index contributed by atoms with van der Waals surface area (Å²) in [7, 11) is 3.25. The van der Waals surface area contributed by atoms with Gasteiger partial charge in [0, 0.05) is 26.4 Å². The van der Waals surface area contributed by atoms with Crippen LogP contribution in [0.2, 0.25) is 0 Å². The van der Waals surface area contributed by atoms with Crippen LogP contribution in [0.3, 0.4) is 0 Å². The molecule has 0 aliphatic rings. The molecule has 7 heteroatoms. The summed E-state index contributed by atoms with van der Waals surface area (Å²) in [6.45, 7) is 2.08. The molecule has 0 radical (unpaired) electrons. The van der Waals surface area contributed by atoms with Crippen molar-refractivity contribution < 1.29 is 14.6 Å². The predicted molar refractivity (Wildman–Crippen MR) is 83.9 cm³/mol. The molecule has 22 heavy (non-hydrogen) atoms. The average molecular weight is 306 g/mol. The monoisotopic (exact) mass is 306 g/mol. The normalized spacial score (nSPS) is 8.68. The van der Waals surface area contributed by atoms with Crippen LogP contribution >= 0.6 is 0 Å². The van der Waals surface area contributed by atoms with Crippen molar-refractivity contribution in [2.45, 2.75) is 6.92 Å². The highest BCUT2D eigenvalue weighted by Crippen LogP contribution is 2.18. The highest BCUT2D eigenvalue weighted by atomic mass is 16.6. The van der Waals surface area contributed by atoms with E-state index in [1.165, 1.54) is 23.8 Å². The molecule has 0 atom stereocenters. The van der Waals surface area contributed by atoms with Gasteiger partial charge in [-0.15, -0.1) is 0 Å². The SMILES string of the molecule is COC.Cc1ccccc1.O=[N+]([O-])c1cccc([N+](=O)[O-])c1. The molecule has 0 amide bonds. The largest absolute Gasteiger partial charge is 0.388 e. The fourth-order valence-electron chi connectivity index (χ4n) is 1.25. The van der Waals surface area contributed by atoms with E-state index in [0.717, 1.165) is 6.07 Å². The van der Waals surface area contributed by atoms with Gasteiger partial charge >= 0.3 is 0 Å². The van der Waals surface area contributed by atoms with E-state index < -0.39 is 9.85 Å². The second-order valence-corrected chi connectivity index (χ2v) is 4.10. The van der Waals surface area contributed by atoms with Gasteiger partial charge in [-0.3, -0.25) is 20.2 Å².